The number of anilines is 3. The van der Waals surface area contributed by atoms with Crippen molar-refractivity contribution in [3.8, 4) is 12.3 Å². The van der Waals surface area contributed by atoms with E-state index in [4.69, 9.17) is 16.7 Å². The summed E-state index contributed by atoms with van der Waals surface area (Å²) in [5.74, 6) is 0.615. The van der Waals surface area contributed by atoms with Crippen LogP contribution in [0.3, 0.4) is 0 Å². The summed E-state index contributed by atoms with van der Waals surface area (Å²) >= 11 is 0. The summed E-state index contributed by atoms with van der Waals surface area (Å²) in [5, 5.41) is 25.1. The number of nitrogens with zero attached hydrogens (tertiary/aromatic N) is 5. The lowest BCUT2D eigenvalue weighted by Gasteiger charge is -2.26. The number of aliphatic imine (C=N–C) groups is 1. The molecule has 2 aromatic carbocycles. The van der Waals surface area contributed by atoms with Gasteiger partial charge in [-0.05, 0) is 41.6 Å². The number of aromatic nitrogens is 2. The molecule has 0 aliphatic carbocycles. The van der Waals surface area contributed by atoms with Gasteiger partial charge in [0, 0.05) is 23.8 Å². The van der Waals surface area contributed by atoms with E-state index in [-0.39, 0.29) is 23.0 Å². The minimum absolute atomic E-state index is 0.0202. The van der Waals surface area contributed by atoms with Gasteiger partial charge < -0.3 is 21.4 Å². The van der Waals surface area contributed by atoms with Crippen LogP contribution in [0.5, 0.6) is 0 Å². The lowest BCUT2D eigenvalue weighted by atomic mass is 9.94. The highest BCUT2D eigenvalue weighted by molar-refractivity contribution is 5.98. The number of nitrogens with one attached hydrogen (secondary N) is 2. The summed E-state index contributed by atoms with van der Waals surface area (Å²) in [6.07, 6.45) is 3.92. The fourth-order valence-electron chi connectivity index (χ4n) is 4.24. The van der Waals surface area contributed by atoms with Gasteiger partial charge in [-0.2, -0.15) is 10.5 Å². The highest BCUT2D eigenvalue weighted by atomic mass is 15.2. The van der Waals surface area contributed by atoms with E-state index in [0.717, 1.165) is 23.0 Å². The fraction of sp³-hybridized carbons (Fsp3) is 0.120. The molecule has 1 atom stereocenters. The third-order valence-electron chi connectivity index (χ3n) is 5.94. The second-order valence-corrected chi connectivity index (χ2v) is 8.15. The number of fused-ring (bicyclic) bond motifs is 2. The first-order valence-corrected chi connectivity index (χ1v) is 10.6. The molecular formula is C25H21N9. The summed E-state index contributed by atoms with van der Waals surface area (Å²) in [5.41, 5.74) is 17.5. The summed E-state index contributed by atoms with van der Waals surface area (Å²) in [4.78, 5) is 8.94. The van der Waals surface area contributed by atoms with Crippen molar-refractivity contribution in [1.82, 2.24) is 14.9 Å². The Bertz CT molecular complexity index is 1530. The summed E-state index contributed by atoms with van der Waals surface area (Å²) in [7, 11) is 0. The van der Waals surface area contributed by atoms with Crippen molar-refractivity contribution in [2.24, 2.45) is 4.99 Å². The van der Waals surface area contributed by atoms with Gasteiger partial charge in [-0.1, -0.05) is 35.9 Å². The first-order chi connectivity index (χ1) is 16.5. The fourth-order valence-corrected chi connectivity index (χ4v) is 4.24. The van der Waals surface area contributed by atoms with Crippen molar-refractivity contribution in [2.75, 3.05) is 16.8 Å². The Morgan fingerprint density at radius 3 is 2.65 bits per heavy atom. The van der Waals surface area contributed by atoms with Crippen LogP contribution in [0.25, 0.3) is 10.9 Å². The quantitative estimate of drug-likeness (QED) is 0.277. The number of hydrogen-bond acceptors (Lipinski definition) is 8. The maximum atomic E-state index is 9.51. The average Bonchev–Trinajstić information content (AvgIpc) is 3.22. The summed E-state index contributed by atoms with van der Waals surface area (Å²) < 4.78 is 2.19. The van der Waals surface area contributed by atoms with E-state index in [9.17, 15) is 5.26 Å². The van der Waals surface area contributed by atoms with E-state index in [1.54, 1.807) is 0 Å². The normalized spacial score (nSPS) is 14.4. The van der Waals surface area contributed by atoms with Crippen molar-refractivity contribution in [3.63, 3.8) is 0 Å². The lowest BCUT2D eigenvalue weighted by molar-refractivity contribution is 0.833. The van der Waals surface area contributed by atoms with Gasteiger partial charge in [-0.3, -0.25) is 5.32 Å². The topological polar surface area (TPSA) is 154 Å². The number of hydrogen-bond donors (Lipinski definition) is 4. The van der Waals surface area contributed by atoms with E-state index >= 15 is 0 Å². The highest BCUT2D eigenvalue weighted by Crippen LogP contribution is 2.41. The minimum atomic E-state index is -0.572. The Kier molecular flexibility index (Phi) is 5.00. The largest absolute Gasteiger partial charge is 0.397 e. The molecule has 0 amide bonds. The molecule has 1 aliphatic heterocycles. The van der Waals surface area contributed by atoms with Gasteiger partial charge in [-0.25, -0.2) is 9.98 Å². The number of nitriles is 2. The van der Waals surface area contributed by atoms with Crippen LogP contribution < -0.4 is 22.1 Å². The number of rotatable bonds is 3. The molecule has 0 saturated heterocycles. The number of aryl methyl sites for hydroxylation is 1. The van der Waals surface area contributed by atoms with Gasteiger partial charge in [0.1, 0.15) is 29.3 Å². The molecule has 34 heavy (non-hydrogen) atoms. The molecule has 166 valence electrons. The Morgan fingerprint density at radius 2 is 1.91 bits per heavy atom. The number of guanidine groups is 1. The van der Waals surface area contributed by atoms with E-state index in [2.05, 4.69) is 68.6 Å². The third-order valence-corrected chi connectivity index (χ3v) is 5.94. The first kappa shape index (κ1) is 20.9. The third kappa shape index (κ3) is 3.51. The van der Waals surface area contributed by atoms with Crippen molar-refractivity contribution in [3.05, 3.63) is 82.5 Å². The number of nitrogen functional groups attached to an aromatic ring is 2. The van der Waals surface area contributed by atoms with Gasteiger partial charge in [0.2, 0.25) is 5.96 Å². The number of benzene rings is 2. The van der Waals surface area contributed by atoms with E-state index in [1.165, 1.54) is 11.1 Å². The number of nitrogens with two attached hydrogens (primary N) is 2. The molecule has 5 rings (SSSR count). The molecule has 0 fully saturated rings. The SMILES string of the molecule is Cc1ccc(Cn2ccc3cc(C4N=C(NC#N)Nc5nc(N)c(C#N)c(N)c54)ccc32)cc1. The molecule has 9 nitrogen and oxygen atoms in total. The molecule has 0 saturated carbocycles. The minimum Gasteiger partial charge on any atom is -0.397 e. The molecule has 9 heteroatoms. The first-order valence-electron chi connectivity index (χ1n) is 10.6. The van der Waals surface area contributed by atoms with Crippen LogP contribution in [-0.4, -0.2) is 15.5 Å². The van der Waals surface area contributed by atoms with Gasteiger partial charge in [0.15, 0.2) is 6.19 Å². The maximum absolute atomic E-state index is 9.51. The molecule has 6 N–H and O–H groups in total. The molecule has 1 unspecified atom stereocenters. The Balaban J connectivity index is 1.58. The Hall–Kier alpha value is -5.02. The Labute approximate surface area is 196 Å². The van der Waals surface area contributed by atoms with Crippen LogP contribution in [0.1, 0.15) is 33.9 Å². The van der Waals surface area contributed by atoms with Gasteiger partial charge in [0.05, 0.1) is 5.69 Å². The molecule has 2 aromatic heterocycles. The molecule has 3 heterocycles. The highest BCUT2D eigenvalue weighted by Gasteiger charge is 2.29. The molecule has 1 aliphatic rings. The van der Waals surface area contributed by atoms with Crippen molar-refractivity contribution in [2.45, 2.75) is 19.5 Å². The zero-order valence-electron chi connectivity index (χ0n) is 18.4. The lowest BCUT2D eigenvalue weighted by Crippen LogP contribution is -2.32. The smallest absolute Gasteiger partial charge is 0.211 e. The van der Waals surface area contributed by atoms with Crippen LogP contribution in [0.2, 0.25) is 0 Å². The van der Waals surface area contributed by atoms with Crippen molar-refractivity contribution >= 4 is 34.2 Å². The van der Waals surface area contributed by atoms with Crippen LogP contribution in [0.4, 0.5) is 17.3 Å². The molecule has 0 radical (unpaired) electrons. The molecule has 0 spiro atoms. The summed E-state index contributed by atoms with van der Waals surface area (Å²) in [6, 6.07) is 18.0. The average molecular weight is 448 g/mol. The summed E-state index contributed by atoms with van der Waals surface area (Å²) in [6.45, 7) is 2.83. The van der Waals surface area contributed by atoms with Crippen LogP contribution in [-0.2, 0) is 6.54 Å². The van der Waals surface area contributed by atoms with E-state index in [1.807, 2.05) is 30.5 Å². The molecular weight excluding hydrogens is 426 g/mol. The second kappa shape index (κ2) is 8.15. The maximum Gasteiger partial charge on any atom is 0.211 e. The van der Waals surface area contributed by atoms with Gasteiger partial charge >= 0.3 is 0 Å². The van der Waals surface area contributed by atoms with Crippen LogP contribution in [0, 0.1) is 29.7 Å². The van der Waals surface area contributed by atoms with E-state index < -0.39 is 6.04 Å². The predicted molar refractivity (Wildman–Crippen MR) is 132 cm³/mol. The predicted octanol–water partition coefficient (Wildman–Crippen LogP) is 3.37. The zero-order chi connectivity index (χ0) is 23.8. The second-order valence-electron chi connectivity index (χ2n) is 8.15. The monoisotopic (exact) mass is 447 g/mol. The van der Waals surface area contributed by atoms with Gasteiger partial charge in [0.25, 0.3) is 0 Å². The standard InChI is InChI=1S/C25H21N9/c1-14-2-4-15(5-3-14)12-34-9-8-16-10-17(6-7-19(16)34)22-20-21(28)18(11-26)23(29)32-24(20)33-25(31-22)30-13-27/h2-10,22H,12H2,1H3,(H6,28,29,30,31,32,33). The van der Waals surface area contributed by atoms with Gasteiger partial charge in [-0.15, -0.1) is 0 Å². The molecule has 4 aromatic rings. The van der Waals surface area contributed by atoms with E-state index in [0.29, 0.717) is 11.4 Å². The molecule has 0 bridgehead atoms. The van der Waals surface area contributed by atoms with Crippen molar-refractivity contribution < 1.29 is 0 Å². The Morgan fingerprint density at radius 1 is 1.12 bits per heavy atom. The van der Waals surface area contributed by atoms with Crippen LogP contribution >= 0.6 is 0 Å². The van der Waals surface area contributed by atoms with Crippen LogP contribution in [0.15, 0.2) is 59.7 Å². The van der Waals surface area contributed by atoms with Crippen molar-refractivity contribution in [1.29, 1.82) is 10.5 Å². The zero-order valence-corrected chi connectivity index (χ0v) is 18.4. The number of pyridine rings is 1.